The minimum Gasteiger partial charge on any atom is -0.341 e. The lowest BCUT2D eigenvalue weighted by atomic mass is 10.1. The van der Waals surface area contributed by atoms with Gasteiger partial charge in [-0.2, -0.15) is 4.98 Å². The van der Waals surface area contributed by atoms with Gasteiger partial charge >= 0.3 is 0 Å². The van der Waals surface area contributed by atoms with Gasteiger partial charge in [-0.15, -0.1) is 0 Å². The predicted octanol–water partition coefficient (Wildman–Crippen LogP) is 3.99. The van der Waals surface area contributed by atoms with Crippen LogP contribution in [0, 0.1) is 18.6 Å². The van der Waals surface area contributed by atoms with Gasteiger partial charge in [-0.25, -0.2) is 8.78 Å². The van der Waals surface area contributed by atoms with Gasteiger partial charge in [0.2, 0.25) is 17.6 Å². The van der Waals surface area contributed by atoms with Crippen LogP contribution in [0.4, 0.5) is 8.78 Å². The molecule has 6 nitrogen and oxygen atoms in total. The molecule has 0 aliphatic carbocycles. The number of halogens is 2. The Kier molecular flexibility index (Phi) is 6.90. The van der Waals surface area contributed by atoms with Crippen molar-refractivity contribution in [3.05, 3.63) is 71.1 Å². The molecule has 0 bridgehead atoms. The number of benzene rings is 2. The number of carbonyl (C=O) groups excluding carboxylic acids is 1. The SMILES string of the molecule is Cc1cc(-c2noc(CCC(=O)N3CCCN(Cc4ccccc4F)CC3)n2)ccc1F. The van der Waals surface area contributed by atoms with E-state index in [4.69, 9.17) is 4.52 Å². The first-order valence-corrected chi connectivity index (χ1v) is 10.8. The Balaban J connectivity index is 1.28. The minimum absolute atomic E-state index is 0.0371. The molecular weight excluding hydrogens is 414 g/mol. The van der Waals surface area contributed by atoms with Crippen molar-refractivity contribution in [1.29, 1.82) is 0 Å². The maximum absolute atomic E-state index is 13.9. The van der Waals surface area contributed by atoms with Crippen LogP contribution in [0.15, 0.2) is 47.0 Å². The van der Waals surface area contributed by atoms with Crippen LogP contribution < -0.4 is 0 Å². The smallest absolute Gasteiger partial charge is 0.227 e. The predicted molar refractivity (Wildman–Crippen MR) is 116 cm³/mol. The molecule has 4 rings (SSSR count). The van der Waals surface area contributed by atoms with Crippen molar-refractivity contribution in [2.24, 2.45) is 0 Å². The summed E-state index contributed by atoms with van der Waals surface area (Å²) in [5, 5.41) is 3.95. The summed E-state index contributed by atoms with van der Waals surface area (Å²) in [6, 6.07) is 11.4. The number of hydrogen-bond acceptors (Lipinski definition) is 5. The summed E-state index contributed by atoms with van der Waals surface area (Å²) in [7, 11) is 0. The fourth-order valence-corrected chi connectivity index (χ4v) is 3.88. The van der Waals surface area contributed by atoms with E-state index >= 15 is 0 Å². The van der Waals surface area contributed by atoms with Crippen molar-refractivity contribution >= 4 is 5.91 Å². The third-order valence-electron chi connectivity index (χ3n) is 5.73. The van der Waals surface area contributed by atoms with Gasteiger partial charge in [-0.05, 0) is 43.2 Å². The molecule has 2 heterocycles. The summed E-state index contributed by atoms with van der Waals surface area (Å²) in [6.07, 6.45) is 1.47. The normalized spacial score (nSPS) is 15.0. The highest BCUT2D eigenvalue weighted by Gasteiger charge is 2.20. The van der Waals surface area contributed by atoms with Crippen molar-refractivity contribution in [2.45, 2.75) is 32.7 Å². The van der Waals surface area contributed by atoms with Crippen molar-refractivity contribution in [1.82, 2.24) is 19.9 Å². The molecule has 3 aromatic rings. The molecule has 168 valence electrons. The second kappa shape index (κ2) is 9.99. The lowest BCUT2D eigenvalue weighted by molar-refractivity contribution is -0.131. The molecule has 1 fully saturated rings. The summed E-state index contributed by atoms with van der Waals surface area (Å²) in [4.78, 5) is 21.1. The number of carbonyl (C=O) groups is 1. The maximum atomic E-state index is 13.9. The third-order valence-corrected chi connectivity index (χ3v) is 5.73. The van der Waals surface area contributed by atoms with E-state index in [1.165, 1.54) is 12.1 Å². The van der Waals surface area contributed by atoms with Crippen LogP contribution in [0.5, 0.6) is 0 Å². The van der Waals surface area contributed by atoms with Crippen LogP contribution in [0.3, 0.4) is 0 Å². The molecule has 0 unspecified atom stereocenters. The topological polar surface area (TPSA) is 62.5 Å². The summed E-state index contributed by atoms with van der Waals surface area (Å²) in [5.74, 6) is 0.322. The van der Waals surface area contributed by atoms with E-state index in [9.17, 15) is 13.6 Å². The number of aromatic nitrogens is 2. The zero-order valence-electron chi connectivity index (χ0n) is 18.1. The molecule has 1 aliphatic heterocycles. The summed E-state index contributed by atoms with van der Waals surface area (Å²) < 4.78 is 32.7. The van der Waals surface area contributed by atoms with Crippen LogP contribution in [-0.4, -0.2) is 52.0 Å². The first-order valence-electron chi connectivity index (χ1n) is 10.8. The second-order valence-electron chi connectivity index (χ2n) is 8.08. The highest BCUT2D eigenvalue weighted by atomic mass is 19.1. The average molecular weight is 440 g/mol. The van der Waals surface area contributed by atoms with Gasteiger partial charge in [-0.3, -0.25) is 9.69 Å². The van der Waals surface area contributed by atoms with Gasteiger partial charge in [0.1, 0.15) is 11.6 Å². The van der Waals surface area contributed by atoms with E-state index in [0.717, 1.165) is 13.0 Å². The molecule has 0 saturated carbocycles. The van der Waals surface area contributed by atoms with E-state index < -0.39 is 0 Å². The van der Waals surface area contributed by atoms with Crippen LogP contribution in [0.2, 0.25) is 0 Å². The van der Waals surface area contributed by atoms with Crippen LogP contribution in [0.1, 0.15) is 29.9 Å². The molecule has 0 radical (unpaired) electrons. The number of hydrogen-bond donors (Lipinski definition) is 0. The van der Waals surface area contributed by atoms with Gasteiger partial charge in [0.15, 0.2) is 0 Å². The molecule has 8 heteroatoms. The molecule has 0 spiro atoms. The largest absolute Gasteiger partial charge is 0.341 e. The first-order chi connectivity index (χ1) is 15.5. The number of nitrogens with zero attached hydrogens (tertiary/aromatic N) is 4. The Morgan fingerprint density at radius 2 is 1.91 bits per heavy atom. The van der Waals surface area contributed by atoms with E-state index in [1.807, 2.05) is 11.0 Å². The number of amides is 1. The lowest BCUT2D eigenvalue weighted by Crippen LogP contribution is -2.35. The number of aryl methyl sites for hydroxylation is 2. The Labute approximate surface area is 185 Å². The van der Waals surface area contributed by atoms with Crippen LogP contribution >= 0.6 is 0 Å². The number of rotatable bonds is 6. The molecule has 1 amide bonds. The molecule has 32 heavy (non-hydrogen) atoms. The molecule has 2 aromatic carbocycles. The molecule has 1 aromatic heterocycles. The van der Waals surface area contributed by atoms with Crippen molar-refractivity contribution in [2.75, 3.05) is 26.2 Å². The summed E-state index contributed by atoms with van der Waals surface area (Å²) in [6.45, 7) is 5.03. The minimum atomic E-state index is -0.284. The lowest BCUT2D eigenvalue weighted by Gasteiger charge is -2.22. The molecule has 1 aliphatic rings. The van der Waals surface area contributed by atoms with Gasteiger partial charge in [0.25, 0.3) is 0 Å². The molecule has 1 saturated heterocycles. The summed E-state index contributed by atoms with van der Waals surface area (Å²) >= 11 is 0. The maximum Gasteiger partial charge on any atom is 0.227 e. The van der Waals surface area contributed by atoms with Gasteiger partial charge in [0.05, 0.1) is 0 Å². The van der Waals surface area contributed by atoms with E-state index in [-0.39, 0.29) is 24.0 Å². The van der Waals surface area contributed by atoms with E-state index in [2.05, 4.69) is 15.0 Å². The van der Waals surface area contributed by atoms with Gasteiger partial charge < -0.3 is 9.42 Å². The highest BCUT2D eigenvalue weighted by molar-refractivity contribution is 5.76. The monoisotopic (exact) mass is 440 g/mol. The van der Waals surface area contributed by atoms with Crippen molar-refractivity contribution < 1.29 is 18.1 Å². The Hall–Kier alpha value is -3.13. The third kappa shape index (κ3) is 5.37. The molecule has 0 N–H and O–H groups in total. The first kappa shape index (κ1) is 22.1. The van der Waals surface area contributed by atoms with Crippen molar-refractivity contribution in [3.8, 4) is 11.4 Å². The molecule has 0 atom stereocenters. The Morgan fingerprint density at radius 1 is 1.06 bits per heavy atom. The summed E-state index contributed by atoms with van der Waals surface area (Å²) in [5.41, 5.74) is 1.86. The fraction of sp³-hybridized carbons (Fsp3) is 0.375. The zero-order chi connectivity index (χ0) is 22.5. The zero-order valence-corrected chi connectivity index (χ0v) is 18.1. The quantitative estimate of drug-likeness (QED) is 0.580. The van der Waals surface area contributed by atoms with Gasteiger partial charge in [0, 0.05) is 56.7 Å². The standard InChI is InChI=1S/C24H26F2N4O2/c1-17-15-18(7-8-20(17)25)24-27-22(32-28-24)9-10-23(31)30-12-4-11-29(13-14-30)16-19-5-2-3-6-21(19)26/h2-3,5-8,15H,4,9-14,16H2,1H3. The molecular formula is C24H26F2N4O2. The fourth-order valence-electron chi connectivity index (χ4n) is 3.88. The Morgan fingerprint density at radius 3 is 2.72 bits per heavy atom. The van der Waals surface area contributed by atoms with E-state index in [0.29, 0.717) is 61.0 Å². The Bertz CT molecular complexity index is 1090. The average Bonchev–Trinajstić information content (AvgIpc) is 3.14. The highest BCUT2D eigenvalue weighted by Crippen LogP contribution is 2.20. The van der Waals surface area contributed by atoms with Gasteiger partial charge in [-0.1, -0.05) is 23.4 Å². The van der Waals surface area contributed by atoms with Crippen molar-refractivity contribution in [3.63, 3.8) is 0 Å². The van der Waals surface area contributed by atoms with Crippen LogP contribution in [0.25, 0.3) is 11.4 Å². The van der Waals surface area contributed by atoms with Crippen LogP contribution in [-0.2, 0) is 17.8 Å². The second-order valence-corrected chi connectivity index (χ2v) is 8.08. The van der Waals surface area contributed by atoms with E-state index in [1.54, 1.807) is 31.2 Å².